The molecule has 2 unspecified atom stereocenters. The maximum Gasteiger partial charge on any atom is 0.401 e. The Balaban J connectivity index is 2.20. The van der Waals surface area contributed by atoms with Crippen molar-refractivity contribution in [1.82, 2.24) is 4.90 Å². The molecule has 0 aliphatic carbocycles. The SMILES string of the molecule is O=CC1CCC(c2cccc(F)c2F)CN1CC(F)(F)F. The lowest BCUT2D eigenvalue weighted by Gasteiger charge is -2.37. The van der Waals surface area contributed by atoms with Gasteiger partial charge in [-0.25, -0.2) is 8.78 Å². The number of likely N-dealkylation sites (tertiary alicyclic amines) is 1. The fraction of sp³-hybridized carbons (Fsp3) is 0.500. The van der Waals surface area contributed by atoms with Gasteiger partial charge in [0.2, 0.25) is 0 Å². The van der Waals surface area contributed by atoms with Gasteiger partial charge < -0.3 is 4.79 Å². The van der Waals surface area contributed by atoms with Crippen molar-refractivity contribution in [1.29, 1.82) is 0 Å². The molecule has 1 aliphatic heterocycles. The minimum absolute atomic E-state index is 0.0616. The second-order valence-corrected chi connectivity index (χ2v) is 5.17. The largest absolute Gasteiger partial charge is 0.401 e. The first-order valence-corrected chi connectivity index (χ1v) is 6.52. The molecule has 1 fully saturated rings. The Morgan fingerprint density at radius 3 is 2.57 bits per heavy atom. The van der Waals surface area contributed by atoms with Crippen molar-refractivity contribution in [3.8, 4) is 0 Å². The maximum atomic E-state index is 13.7. The van der Waals surface area contributed by atoms with E-state index in [1.165, 1.54) is 12.1 Å². The van der Waals surface area contributed by atoms with Crippen molar-refractivity contribution in [2.75, 3.05) is 13.1 Å². The second kappa shape index (κ2) is 6.09. The molecular weight excluding hydrogens is 293 g/mol. The zero-order valence-corrected chi connectivity index (χ0v) is 11.0. The Labute approximate surface area is 118 Å². The van der Waals surface area contributed by atoms with Crippen molar-refractivity contribution in [2.24, 2.45) is 0 Å². The molecule has 0 saturated carbocycles. The number of hydrogen-bond acceptors (Lipinski definition) is 2. The number of carbonyl (C=O) groups is 1. The summed E-state index contributed by atoms with van der Waals surface area (Å²) >= 11 is 0. The number of aldehydes is 1. The summed E-state index contributed by atoms with van der Waals surface area (Å²) < 4.78 is 64.6. The normalized spacial score (nSPS) is 24.0. The third-order valence-corrected chi connectivity index (χ3v) is 3.70. The number of nitrogens with zero attached hydrogens (tertiary/aromatic N) is 1. The minimum Gasteiger partial charge on any atom is -0.302 e. The maximum absolute atomic E-state index is 13.7. The highest BCUT2D eigenvalue weighted by atomic mass is 19.4. The molecule has 0 aromatic heterocycles. The quantitative estimate of drug-likeness (QED) is 0.631. The molecule has 21 heavy (non-hydrogen) atoms. The molecule has 1 aliphatic rings. The highest BCUT2D eigenvalue weighted by Gasteiger charge is 2.38. The van der Waals surface area contributed by atoms with Crippen molar-refractivity contribution in [3.05, 3.63) is 35.4 Å². The van der Waals surface area contributed by atoms with E-state index in [2.05, 4.69) is 0 Å². The Morgan fingerprint density at radius 2 is 1.95 bits per heavy atom. The Bertz CT molecular complexity index is 517. The monoisotopic (exact) mass is 307 g/mol. The first-order valence-electron chi connectivity index (χ1n) is 6.52. The number of rotatable bonds is 3. The zero-order chi connectivity index (χ0) is 15.6. The fourth-order valence-electron chi connectivity index (χ4n) is 2.72. The van der Waals surface area contributed by atoms with Gasteiger partial charge in [-0.05, 0) is 30.4 Å². The van der Waals surface area contributed by atoms with Gasteiger partial charge in [0.05, 0.1) is 12.6 Å². The second-order valence-electron chi connectivity index (χ2n) is 5.17. The van der Waals surface area contributed by atoms with Gasteiger partial charge in [0, 0.05) is 6.54 Å². The molecule has 2 nitrogen and oxygen atoms in total. The lowest BCUT2D eigenvalue weighted by molar-refractivity contribution is -0.155. The number of piperidine rings is 1. The van der Waals surface area contributed by atoms with Gasteiger partial charge in [-0.3, -0.25) is 4.90 Å². The summed E-state index contributed by atoms with van der Waals surface area (Å²) in [5.41, 5.74) is 0.0616. The van der Waals surface area contributed by atoms with E-state index in [-0.39, 0.29) is 18.5 Å². The summed E-state index contributed by atoms with van der Waals surface area (Å²) in [6, 6.07) is 2.83. The molecule has 1 heterocycles. The van der Waals surface area contributed by atoms with Gasteiger partial charge in [-0.1, -0.05) is 12.1 Å². The third kappa shape index (κ3) is 3.78. The van der Waals surface area contributed by atoms with Crippen LogP contribution in [0.15, 0.2) is 18.2 Å². The first-order chi connectivity index (χ1) is 9.81. The number of hydrogen-bond donors (Lipinski definition) is 0. The molecular formula is C14H14F5NO. The molecule has 1 aromatic rings. The van der Waals surface area contributed by atoms with Crippen molar-refractivity contribution < 1.29 is 26.7 Å². The molecule has 0 bridgehead atoms. The predicted octanol–water partition coefficient (Wildman–Crippen LogP) is 3.27. The smallest absolute Gasteiger partial charge is 0.302 e. The van der Waals surface area contributed by atoms with E-state index in [1.54, 1.807) is 0 Å². The summed E-state index contributed by atoms with van der Waals surface area (Å²) in [7, 11) is 0. The molecule has 0 radical (unpaired) electrons. The van der Waals surface area contributed by atoms with Crippen LogP contribution in [0.4, 0.5) is 22.0 Å². The molecule has 1 aromatic carbocycles. The van der Waals surface area contributed by atoms with Gasteiger partial charge in [0.25, 0.3) is 0 Å². The van der Waals surface area contributed by atoms with E-state index in [9.17, 15) is 26.7 Å². The fourth-order valence-corrected chi connectivity index (χ4v) is 2.72. The van der Waals surface area contributed by atoms with Gasteiger partial charge in [0.15, 0.2) is 11.6 Å². The Kier molecular flexibility index (Phi) is 4.61. The molecule has 0 amide bonds. The average molecular weight is 307 g/mol. The summed E-state index contributed by atoms with van der Waals surface area (Å²) in [5, 5.41) is 0. The molecule has 116 valence electrons. The Morgan fingerprint density at radius 1 is 1.24 bits per heavy atom. The van der Waals surface area contributed by atoms with Crippen LogP contribution in [-0.4, -0.2) is 36.5 Å². The lowest BCUT2D eigenvalue weighted by Crippen LogP contribution is -2.47. The van der Waals surface area contributed by atoms with Crippen LogP contribution in [0.3, 0.4) is 0 Å². The minimum atomic E-state index is -4.44. The van der Waals surface area contributed by atoms with Gasteiger partial charge >= 0.3 is 6.18 Å². The molecule has 0 spiro atoms. The number of alkyl halides is 3. The zero-order valence-electron chi connectivity index (χ0n) is 11.0. The standard InChI is InChI=1S/C14H14F5NO/c15-12-3-1-2-11(13(12)16)9-4-5-10(7-21)20(6-9)8-14(17,18)19/h1-3,7,9-10H,4-6,8H2. The van der Waals surface area contributed by atoms with E-state index in [0.717, 1.165) is 11.0 Å². The Hall–Kier alpha value is -1.50. The van der Waals surface area contributed by atoms with E-state index in [0.29, 0.717) is 12.7 Å². The highest BCUT2D eigenvalue weighted by Crippen LogP contribution is 2.33. The topological polar surface area (TPSA) is 20.3 Å². The van der Waals surface area contributed by atoms with E-state index in [4.69, 9.17) is 0 Å². The van der Waals surface area contributed by atoms with Crippen LogP contribution in [0, 0.1) is 11.6 Å². The van der Waals surface area contributed by atoms with E-state index >= 15 is 0 Å². The molecule has 0 N–H and O–H groups in total. The summed E-state index contributed by atoms with van der Waals surface area (Å²) in [4.78, 5) is 11.9. The van der Waals surface area contributed by atoms with Crippen molar-refractivity contribution in [2.45, 2.75) is 31.0 Å². The van der Waals surface area contributed by atoms with Crippen LogP contribution >= 0.6 is 0 Å². The van der Waals surface area contributed by atoms with Gasteiger partial charge in [-0.15, -0.1) is 0 Å². The van der Waals surface area contributed by atoms with Gasteiger partial charge in [0.1, 0.15) is 6.29 Å². The molecule has 1 saturated heterocycles. The number of carbonyl (C=O) groups excluding carboxylic acids is 1. The molecule has 7 heteroatoms. The van der Waals surface area contributed by atoms with Crippen molar-refractivity contribution in [3.63, 3.8) is 0 Å². The molecule has 2 rings (SSSR count). The number of benzene rings is 1. The van der Waals surface area contributed by atoms with Crippen molar-refractivity contribution >= 4 is 6.29 Å². The van der Waals surface area contributed by atoms with Crippen LogP contribution in [0.25, 0.3) is 0 Å². The number of halogens is 5. The highest BCUT2D eigenvalue weighted by molar-refractivity contribution is 5.58. The third-order valence-electron chi connectivity index (χ3n) is 3.70. The van der Waals surface area contributed by atoms with Crippen LogP contribution < -0.4 is 0 Å². The average Bonchev–Trinajstić information content (AvgIpc) is 2.40. The predicted molar refractivity (Wildman–Crippen MR) is 65.8 cm³/mol. The molecule has 2 atom stereocenters. The van der Waals surface area contributed by atoms with Crippen LogP contribution in [0.2, 0.25) is 0 Å². The summed E-state index contributed by atoms with van der Waals surface area (Å²) in [6.07, 6.45) is -3.42. The summed E-state index contributed by atoms with van der Waals surface area (Å²) in [6.45, 7) is -1.35. The van der Waals surface area contributed by atoms with Crippen LogP contribution in [-0.2, 0) is 4.79 Å². The lowest BCUT2D eigenvalue weighted by atomic mass is 9.87. The van der Waals surface area contributed by atoms with Crippen LogP contribution in [0.5, 0.6) is 0 Å². The van der Waals surface area contributed by atoms with E-state index < -0.39 is 36.3 Å². The van der Waals surface area contributed by atoms with Gasteiger partial charge in [-0.2, -0.15) is 13.2 Å². The van der Waals surface area contributed by atoms with Crippen LogP contribution in [0.1, 0.15) is 24.3 Å². The van der Waals surface area contributed by atoms with E-state index in [1.807, 2.05) is 0 Å². The first kappa shape index (κ1) is 15.9. The summed E-state index contributed by atoms with van der Waals surface area (Å²) in [5.74, 6) is -2.61.